The van der Waals surface area contributed by atoms with E-state index in [-0.39, 0.29) is 12.1 Å². The second-order valence-electron chi connectivity index (χ2n) is 4.11. The minimum Gasteiger partial charge on any atom is -0.475 e. The van der Waals surface area contributed by atoms with Gasteiger partial charge in [-0.2, -0.15) is 4.98 Å². The Labute approximate surface area is 107 Å². The van der Waals surface area contributed by atoms with Gasteiger partial charge in [0.05, 0.1) is 19.6 Å². The highest BCUT2D eigenvalue weighted by atomic mass is 16.5. The molecular weight excluding hydrogens is 234 g/mol. The summed E-state index contributed by atoms with van der Waals surface area (Å²) in [4.78, 5) is 21.2. The second-order valence-corrected chi connectivity index (χ2v) is 4.11. The van der Waals surface area contributed by atoms with Crippen molar-refractivity contribution in [1.82, 2.24) is 9.97 Å². The van der Waals surface area contributed by atoms with Crippen molar-refractivity contribution in [3.63, 3.8) is 0 Å². The molecule has 0 aromatic carbocycles. The average molecular weight is 253 g/mol. The second kappa shape index (κ2) is 6.78. The molecule has 0 unspecified atom stereocenters. The van der Waals surface area contributed by atoms with Crippen molar-refractivity contribution in [1.29, 1.82) is 0 Å². The van der Waals surface area contributed by atoms with Gasteiger partial charge in [0, 0.05) is 25.9 Å². The zero-order chi connectivity index (χ0) is 13.5. The maximum Gasteiger partial charge on any atom is 0.307 e. The molecule has 1 rings (SSSR count). The number of aromatic nitrogens is 2. The Hall–Kier alpha value is -1.85. The predicted octanol–water partition coefficient (Wildman–Crippen LogP) is 1.26. The Kier molecular flexibility index (Phi) is 5.35. The number of hydrogen-bond donors (Lipinski definition) is 0. The number of methoxy groups -OCH3 is 1. The van der Waals surface area contributed by atoms with E-state index in [2.05, 4.69) is 14.7 Å². The molecule has 0 spiro atoms. The SMILES string of the molecule is COC(=O)CCN(C)c1nccc(OC(C)C)n1. The molecule has 100 valence electrons. The third-order valence-electron chi connectivity index (χ3n) is 2.19. The molecule has 0 saturated carbocycles. The van der Waals surface area contributed by atoms with Crippen molar-refractivity contribution in [3.05, 3.63) is 12.3 Å². The Bertz CT molecular complexity index is 396. The summed E-state index contributed by atoms with van der Waals surface area (Å²) in [5.74, 6) is 0.799. The van der Waals surface area contributed by atoms with Crippen LogP contribution in [0.2, 0.25) is 0 Å². The normalized spacial score (nSPS) is 10.3. The zero-order valence-electron chi connectivity index (χ0n) is 11.2. The van der Waals surface area contributed by atoms with Gasteiger partial charge in [0.15, 0.2) is 0 Å². The van der Waals surface area contributed by atoms with Gasteiger partial charge in [-0.15, -0.1) is 0 Å². The number of carbonyl (C=O) groups excluding carboxylic acids is 1. The molecular formula is C12H19N3O3. The number of ether oxygens (including phenoxy) is 2. The molecule has 1 aromatic heterocycles. The maximum absolute atomic E-state index is 11.0. The van der Waals surface area contributed by atoms with E-state index in [9.17, 15) is 4.79 Å². The van der Waals surface area contributed by atoms with Gasteiger partial charge in [0.25, 0.3) is 0 Å². The third kappa shape index (κ3) is 4.57. The fourth-order valence-electron chi connectivity index (χ4n) is 1.28. The summed E-state index contributed by atoms with van der Waals surface area (Å²) < 4.78 is 10.1. The van der Waals surface area contributed by atoms with Crippen LogP contribution in [-0.4, -0.2) is 42.7 Å². The van der Waals surface area contributed by atoms with Gasteiger partial charge in [-0.3, -0.25) is 4.79 Å². The third-order valence-corrected chi connectivity index (χ3v) is 2.19. The molecule has 0 bridgehead atoms. The van der Waals surface area contributed by atoms with E-state index < -0.39 is 0 Å². The first kappa shape index (κ1) is 14.2. The Balaban J connectivity index is 2.62. The number of carbonyl (C=O) groups is 1. The topological polar surface area (TPSA) is 64.5 Å². The minimum absolute atomic E-state index is 0.0631. The van der Waals surface area contributed by atoms with E-state index in [1.807, 2.05) is 20.9 Å². The largest absolute Gasteiger partial charge is 0.475 e. The molecule has 6 heteroatoms. The van der Waals surface area contributed by atoms with Gasteiger partial charge in [0.2, 0.25) is 11.8 Å². The van der Waals surface area contributed by atoms with E-state index in [0.29, 0.717) is 24.8 Å². The summed E-state index contributed by atoms with van der Waals surface area (Å²) in [5, 5.41) is 0. The number of nitrogens with zero attached hydrogens (tertiary/aromatic N) is 3. The van der Waals surface area contributed by atoms with Crippen LogP contribution >= 0.6 is 0 Å². The van der Waals surface area contributed by atoms with E-state index in [1.54, 1.807) is 17.2 Å². The lowest BCUT2D eigenvalue weighted by molar-refractivity contribution is -0.140. The van der Waals surface area contributed by atoms with Crippen LogP contribution in [0.15, 0.2) is 12.3 Å². The highest BCUT2D eigenvalue weighted by molar-refractivity contribution is 5.69. The first-order chi connectivity index (χ1) is 8.52. The molecule has 0 saturated heterocycles. The van der Waals surface area contributed by atoms with Crippen LogP contribution in [0.1, 0.15) is 20.3 Å². The molecule has 0 amide bonds. The lowest BCUT2D eigenvalue weighted by atomic mass is 10.4. The van der Waals surface area contributed by atoms with Crippen molar-refractivity contribution in [2.75, 3.05) is 25.6 Å². The number of hydrogen-bond acceptors (Lipinski definition) is 6. The molecule has 0 fully saturated rings. The molecule has 0 atom stereocenters. The summed E-state index contributed by atoms with van der Waals surface area (Å²) in [7, 11) is 3.19. The fourth-order valence-corrected chi connectivity index (χ4v) is 1.28. The number of rotatable bonds is 6. The minimum atomic E-state index is -0.253. The standard InChI is InChI=1S/C12H19N3O3/c1-9(2)18-10-5-7-13-12(14-10)15(3)8-6-11(16)17-4/h5,7,9H,6,8H2,1-4H3. The zero-order valence-corrected chi connectivity index (χ0v) is 11.2. The summed E-state index contributed by atoms with van der Waals surface area (Å²) in [5.41, 5.74) is 0. The lowest BCUT2D eigenvalue weighted by Crippen LogP contribution is -2.23. The van der Waals surface area contributed by atoms with E-state index >= 15 is 0 Å². The predicted molar refractivity (Wildman–Crippen MR) is 67.7 cm³/mol. The Morgan fingerprint density at radius 1 is 1.50 bits per heavy atom. The average Bonchev–Trinajstić information content (AvgIpc) is 2.35. The quantitative estimate of drug-likeness (QED) is 0.711. The summed E-state index contributed by atoms with van der Waals surface area (Å²) in [6.45, 7) is 4.36. The van der Waals surface area contributed by atoms with Crippen molar-refractivity contribution in [3.8, 4) is 5.88 Å². The molecule has 0 aliphatic rings. The number of esters is 1. The van der Waals surface area contributed by atoms with E-state index in [0.717, 1.165) is 0 Å². The van der Waals surface area contributed by atoms with Gasteiger partial charge < -0.3 is 14.4 Å². The maximum atomic E-state index is 11.0. The van der Waals surface area contributed by atoms with Crippen LogP contribution in [0.25, 0.3) is 0 Å². The molecule has 0 N–H and O–H groups in total. The van der Waals surface area contributed by atoms with Gasteiger partial charge in [0.1, 0.15) is 0 Å². The molecule has 0 radical (unpaired) electrons. The van der Waals surface area contributed by atoms with Crippen LogP contribution in [0, 0.1) is 0 Å². The van der Waals surface area contributed by atoms with E-state index in [1.165, 1.54) is 7.11 Å². The van der Waals surface area contributed by atoms with Crippen molar-refractivity contribution >= 4 is 11.9 Å². The molecule has 6 nitrogen and oxygen atoms in total. The van der Waals surface area contributed by atoms with Gasteiger partial charge in [-0.25, -0.2) is 4.98 Å². The highest BCUT2D eigenvalue weighted by Crippen LogP contribution is 2.13. The Morgan fingerprint density at radius 2 is 2.22 bits per heavy atom. The first-order valence-electron chi connectivity index (χ1n) is 5.80. The number of anilines is 1. The molecule has 18 heavy (non-hydrogen) atoms. The van der Waals surface area contributed by atoms with Gasteiger partial charge in [-0.1, -0.05) is 0 Å². The van der Waals surface area contributed by atoms with E-state index in [4.69, 9.17) is 4.74 Å². The summed E-state index contributed by atoms with van der Waals surface area (Å²) in [6.07, 6.45) is 1.99. The van der Waals surface area contributed by atoms with Crippen LogP contribution in [0.4, 0.5) is 5.95 Å². The van der Waals surface area contributed by atoms with Gasteiger partial charge >= 0.3 is 5.97 Å². The first-order valence-corrected chi connectivity index (χ1v) is 5.80. The van der Waals surface area contributed by atoms with Crippen LogP contribution in [0.3, 0.4) is 0 Å². The van der Waals surface area contributed by atoms with Crippen LogP contribution < -0.4 is 9.64 Å². The fraction of sp³-hybridized carbons (Fsp3) is 0.583. The summed E-state index contributed by atoms with van der Waals surface area (Å²) >= 11 is 0. The summed E-state index contributed by atoms with van der Waals surface area (Å²) in [6, 6.07) is 1.71. The monoisotopic (exact) mass is 253 g/mol. The van der Waals surface area contributed by atoms with Crippen molar-refractivity contribution in [2.24, 2.45) is 0 Å². The van der Waals surface area contributed by atoms with Crippen molar-refractivity contribution in [2.45, 2.75) is 26.4 Å². The van der Waals surface area contributed by atoms with Gasteiger partial charge in [-0.05, 0) is 13.8 Å². The molecule has 1 heterocycles. The van der Waals surface area contributed by atoms with Crippen molar-refractivity contribution < 1.29 is 14.3 Å². The molecule has 0 aliphatic heterocycles. The molecule has 0 aliphatic carbocycles. The van der Waals surface area contributed by atoms with Crippen LogP contribution in [-0.2, 0) is 9.53 Å². The Morgan fingerprint density at radius 3 is 2.83 bits per heavy atom. The lowest BCUT2D eigenvalue weighted by Gasteiger charge is -2.17. The molecule has 1 aromatic rings. The smallest absolute Gasteiger partial charge is 0.307 e. The van der Waals surface area contributed by atoms with Crippen LogP contribution in [0.5, 0.6) is 5.88 Å². The highest BCUT2D eigenvalue weighted by Gasteiger charge is 2.09.